The fourth-order valence-electron chi connectivity index (χ4n) is 1.87. The highest BCUT2D eigenvalue weighted by Gasteiger charge is 2.23. The number of benzene rings is 1. The lowest BCUT2D eigenvalue weighted by Crippen LogP contribution is -2.15. The Morgan fingerprint density at radius 1 is 1.29 bits per heavy atom. The molecule has 0 saturated heterocycles. The van der Waals surface area contributed by atoms with Crippen LogP contribution in [0.15, 0.2) is 42.6 Å². The second-order valence-corrected chi connectivity index (χ2v) is 4.30. The number of aliphatic carboxylic acids is 1. The molecule has 0 amide bonds. The highest BCUT2D eigenvalue weighted by Crippen LogP contribution is 2.26. The Morgan fingerprint density at radius 3 is 2.41 bits per heavy atom. The largest absolute Gasteiger partial charge is 0.480 e. The summed E-state index contributed by atoms with van der Waals surface area (Å²) < 4.78 is 1.81. The average molecular weight is 250 g/mol. The third-order valence-electron chi connectivity index (χ3n) is 2.73. The monoisotopic (exact) mass is 249 g/mol. The third-order valence-corrected chi connectivity index (χ3v) is 2.98. The Bertz CT molecular complexity index is 531. The molecule has 1 atom stereocenters. The first-order valence-electron chi connectivity index (χ1n) is 5.19. The lowest BCUT2D eigenvalue weighted by molar-refractivity contribution is -0.137. The Labute approximate surface area is 104 Å². The summed E-state index contributed by atoms with van der Waals surface area (Å²) in [6, 6.07) is 10.5. The zero-order valence-electron chi connectivity index (χ0n) is 9.30. The van der Waals surface area contributed by atoms with Crippen LogP contribution >= 0.6 is 11.6 Å². The molecule has 2 aromatic rings. The van der Waals surface area contributed by atoms with Gasteiger partial charge in [-0.1, -0.05) is 23.7 Å². The van der Waals surface area contributed by atoms with Gasteiger partial charge in [0.05, 0.1) is 0 Å². The lowest BCUT2D eigenvalue weighted by Gasteiger charge is -2.14. The highest BCUT2D eigenvalue weighted by molar-refractivity contribution is 6.30. The van der Waals surface area contributed by atoms with Crippen molar-refractivity contribution in [2.75, 3.05) is 0 Å². The fraction of sp³-hybridized carbons (Fsp3) is 0.154. The average Bonchev–Trinajstić information content (AvgIpc) is 2.68. The molecule has 0 aliphatic heterocycles. The molecule has 0 spiro atoms. The van der Waals surface area contributed by atoms with Crippen molar-refractivity contribution in [2.45, 2.75) is 5.92 Å². The van der Waals surface area contributed by atoms with E-state index in [4.69, 9.17) is 11.6 Å². The number of carbonyl (C=O) groups is 1. The topological polar surface area (TPSA) is 42.2 Å². The maximum absolute atomic E-state index is 11.4. The van der Waals surface area contributed by atoms with Crippen LogP contribution in [0, 0.1) is 0 Å². The van der Waals surface area contributed by atoms with E-state index in [2.05, 4.69) is 0 Å². The standard InChI is InChI=1S/C13H12ClNO2/c1-15-8-2-3-11(15)12(13(16)17)9-4-6-10(14)7-5-9/h2-8,12H,1H3,(H,16,17). The Balaban J connectivity index is 2.47. The Morgan fingerprint density at radius 2 is 1.94 bits per heavy atom. The molecule has 4 heteroatoms. The Kier molecular flexibility index (Phi) is 3.20. The number of aryl methyl sites for hydroxylation is 1. The van der Waals surface area contributed by atoms with Gasteiger partial charge in [-0.25, -0.2) is 0 Å². The first-order chi connectivity index (χ1) is 8.09. The minimum absolute atomic E-state index is 0.602. The van der Waals surface area contributed by atoms with Crippen LogP contribution < -0.4 is 0 Å². The van der Waals surface area contributed by atoms with E-state index in [1.54, 1.807) is 24.3 Å². The summed E-state index contributed by atoms with van der Waals surface area (Å²) in [5.41, 5.74) is 1.48. The minimum Gasteiger partial charge on any atom is -0.480 e. The molecule has 1 aromatic heterocycles. The summed E-state index contributed by atoms with van der Waals surface area (Å²) in [6.07, 6.45) is 1.83. The minimum atomic E-state index is -0.867. The van der Waals surface area contributed by atoms with Gasteiger partial charge < -0.3 is 9.67 Å². The molecule has 88 valence electrons. The van der Waals surface area contributed by atoms with Gasteiger partial charge in [-0.15, -0.1) is 0 Å². The third kappa shape index (κ3) is 2.34. The van der Waals surface area contributed by atoms with E-state index in [1.165, 1.54) is 0 Å². The molecule has 2 rings (SSSR count). The van der Waals surface area contributed by atoms with Gasteiger partial charge in [0.1, 0.15) is 5.92 Å². The van der Waals surface area contributed by atoms with E-state index < -0.39 is 11.9 Å². The molecule has 3 nitrogen and oxygen atoms in total. The second-order valence-electron chi connectivity index (χ2n) is 3.87. The number of carboxylic acid groups (broad SMARTS) is 1. The van der Waals surface area contributed by atoms with Crippen LogP contribution in [-0.4, -0.2) is 15.6 Å². The van der Waals surface area contributed by atoms with Crippen molar-refractivity contribution < 1.29 is 9.90 Å². The van der Waals surface area contributed by atoms with Crippen LogP contribution in [0.5, 0.6) is 0 Å². The number of nitrogens with zero attached hydrogens (tertiary/aromatic N) is 1. The van der Waals surface area contributed by atoms with Crippen molar-refractivity contribution >= 4 is 17.6 Å². The van der Waals surface area contributed by atoms with Crippen molar-refractivity contribution in [2.24, 2.45) is 7.05 Å². The summed E-state index contributed by atoms with van der Waals surface area (Å²) >= 11 is 5.80. The van der Waals surface area contributed by atoms with E-state index in [0.717, 1.165) is 11.3 Å². The van der Waals surface area contributed by atoms with E-state index >= 15 is 0 Å². The normalized spacial score (nSPS) is 12.4. The molecule has 0 aliphatic carbocycles. The smallest absolute Gasteiger partial charge is 0.317 e. The summed E-state index contributed by atoms with van der Waals surface area (Å²) in [6.45, 7) is 0. The van der Waals surface area contributed by atoms with Crippen molar-refractivity contribution in [3.05, 3.63) is 58.9 Å². The first kappa shape index (κ1) is 11.7. The van der Waals surface area contributed by atoms with Crippen molar-refractivity contribution in [1.82, 2.24) is 4.57 Å². The predicted octanol–water partition coefficient (Wildman–Crippen LogP) is 2.90. The molecule has 0 aliphatic rings. The van der Waals surface area contributed by atoms with Gasteiger partial charge in [0, 0.05) is 24.0 Å². The fourth-order valence-corrected chi connectivity index (χ4v) is 2.00. The van der Waals surface area contributed by atoms with Gasteiger partial charge in [0.25, 0.3) is 0 Å². The molecule has 1 unspecified atom stereocenters. The highest BCUT2D eigenvalue weighted by atomic mass is 35.5. The summed E-state index contributed by atoms with van der Waals surface area (Å²) in [5.74, 6) is -1.53. The zero-order valence-corrected chi connectivity index (χ0v) is 10.1. The van der Waals surface area contributed by atoms with Crippen LogP contribution in [0.3, 0.4) is 0 Å². The predicted molar refractivity (Wildman–Crippen MR) is 66.3 cm³/mol. The second kappa shape index (κ2) is 4.63. The van der Waals surface area contributed by atoms with E-state index in [1.807, 2.05) is 29.9 Å². The molecule has 1 aromatic carbocycles. The van der Waals surface area contributed by atoms with Crippen LogP contribution in [0.4, 0.5) is 0 Å². The van der Waals surface area contributed by atoms with Gasteiger partial charge in [-0.2, -0.15) is 0 Å². The number of carboxylic acids is 1. The summed E-state index contributed by atoms with van der Waals surface area (Å²) in [4.78, 5) is 11.4. The quantitative estimate of drug-likeness (QED) is 0.909. The number of hydrogen-bond acceptors (Lipinski definition) is 1. The number of aromatic nitrogens is 1. The van der Waals surface area contributed by atoms with Gasteiger partial charge in [-0.3, -0.25) is 4.79 Å². The number of rotatable bonds is 3. The molecule has 0 saturated carbocycles. The number of halogens is 1. The number of hydrogen-bond donors (Lipinski definition) is 1. The van der Waals surface area contributed by atoms with Gasteiger partial charge in [0.15, 0.2) is 0 Å². The molecule has 0 fully saturated rings. The van der Waals surface area contributed by atoms with Crippen LogP contribution in [0.2, 0.25) is 5.02 Å². The van der Waals surface area contributed by atoms with Gasteiger partial charge >= 0.3 is 5.97 Å². The molecular formula is C13H12ClNO2. The van der Waals surface area contributed by atoms with Crippen LogP contribution in [0.1, 0.15) is 17.2 Å². The van der Waals surface area contributed by atoms with E-state index in [9.17, 15) is 9.90 Å². The van der Waals surface area contributed by atoms with Gasteiger partial charge in [-0.05, 0) is 29.8 Å². The molecule has 0 radical (unpaired) electrons. The molecular weight excluding hydrogens is 238 g/mol. The maximum Gasteiger partial charge on any atom is 0.317 e. The van der Waals surface area contributed by atoms with Crippen molar-refractivity contribution in [3.8, 4) is 0 Å². The van der Waals surface area contributed by atoms with Crippen molar-refractivity contribution in [3.63, 3.8) is 0 Å². The van der Waals surface area contributed by atoms with Gasteiger partial charge in [0.2, 0.25) is 0 Å². The van der Waals surface area contributed by atoms with Crippen LogP contribution in [0.25, 0.3) is 0 Å². The van der Waals surface area contributed by atoms with Crippen molar-refractivity contribution in [1.29, 1.82) is 0 Å². The lowest BCUT2D eigenvalue weighted by atomic mass is 9.96. The molecule has 0 bridgehead atoms. The van der Waals surface area contributed by atoms with E-state index in [0.29, 0.717) is 5.02 Å². The van der Waals surface area contributed by atoms with E-state index in [-0.39, 0.29) is 0 Å². The molecule has 1 N–H and O–H groups in total. The summed E-state index contributed by atoms with van der Waals surface area (Å²) in [7, 11) is 1.83. The first-order valence-corrected chi connectivity index (χ1v) is 5.57. The SMILES string of the molecule is Cn1cccc1C(C(=O)O)c1ccc(Cl)cc1. The zero-order chi connectivity index (χ0) is 12.4. The summed E-state index contributed by atoms with van der Waals surface area (Å²) in [5, 5.41) is 9.95. The van der Waals surface area contributed by atoms with Crippen LogP contribution in [-0.2, 0) is 11.8 Å². The maximum atomic E-state index is 11.4. The molecule has 1 heterocycles. The molecule has 17 heavy (non-hydrogen) atoms. The Hall–Kier alpha value is -1.74.